The Labute approximate surface area is 227 Å². The fourth-order valence-corrected chi connectivity index (χ4v) is 4.80. The number of nitrogens with one attached hydrogen (secondary N) is 1. The molecular weight excluding hydrogens is 504 g/mol. The number of thioether (sulfide) groups is 1. The van der Waals surface area contributed by atoms with Crippen molar-refractivity contribution in [1.82, 2.24) is 5.32 Å². The number of rotatable bonds is 9. The Bertz CT molecular complexity index is 1380. The van der Waals surface area contributed by atoms with Crippen LogP contribution < -0.4 is 14.8 Å². The number of nitrogens with zero attached hydrogens (tertiary/aromatic N) is 1. The first kappa shape index (κ1) is 26.6. The number of aryl methyl sites for hydroxylation is 1. The highest BCUT2D eigenvalue weighted by Gasteiger charge is 2.24. The number of aliphatic imine (C=N–C) groups is 1. The molecule has 3 aromatic carbocycles. The van der Waals surface area contributed by atoms with Crippen LogP contribution in [0.1, 0.15) is 34.7 Å². The van der Waals surface area contributed by atoms with Gasteiger partial charge in [-0.15, -0.1) is 6.58 Å². The first-order chi connectivity index (χ1) is 17.9. The molecule has 0 radical (unpaired) electrons. The Morgan fingerprint density at radius 1 is 1.11 bits per heavy atom. The van der Waals surface area contributed by atoms with Crippen molar-refractivity contribution in [3.8, 4) is 11.5 Å². The Balaban J connectivity index is 1.63. The molecule has 0 aromatic heterocycles. The van der Waals surface area contributed by atoms with Crippen molar-refractivity contribution in [3.63, 3.8) is 0 Å². The Kier molecular flexibility index (Phi) is 8.74. The van der Waals surface area contributed by atoms with Gasteiger partial charge in [0.2, 0.25) is 0 Å². The highest BCUT2D eigenvalue weighted by molar-refractivity contribution is 8.18. The summed E-state index contributed by atoms with van der Waals surface area (Å²) in [4.78, 5) is 17.9. The quantitative estimate of drug-likeness (QED) is 0.228. The Morgan fingerprint density at radius 2 is 1.89 bits per heavy atom. The van der Waals surface area contributed by atoms with Crippen LogP contribution in [0.2, 0.25) is 5.02 Å². The molecule has 1 fully saturated rings. The predicted octanol–water partition coefficient (Wildman–Crippen LogP) is 7.55. The van der Waals surface area contributed by atoms with Crippen LogP contribution in [0.3, 0.4) is 0 Å². The number of benzene rings is 3. The SMILES string of the molecule is C=CCc1cc(/C=C2/SC(=Nc3cccc(Cl)c3C)NC2=O)cc(OCC)c1OCc1ccc(C)cc1. The van der Waals surface area contributed by atoms with Crippen LogP contribution >= 0.6 is 23.4 Å². The van der Waals surface area contributed by atoms with E-state index >= 15 is 0 Å². The Hall–Kier alpha value is -3.48. The minimum absolute atomic E-state index is 0.202. The monoisotopic (exact) mass is 532 g/mol. The number of amidine groups is 1. The van der Waals surface area contributed by atoms with Gasteiger partial charge in [0.15, 0.2) is 16.7 Å². The number of amides is 1. The molecule has 190 valence electrons. The zero-order valence-corrected chi connectivity index (χ0v) is 22.7. The summed E-state index contributed by atoms with van der Waals surface area (Å²) in [5, 5.41) is 3.99. The fraction of sp³-hybridized carbons (Fsp3) is 0.200. The second-order valence-corrected chi connectivity index (χ2v) is 10.0. The van der Waals surface area contributed by atoms with E-state index in [1.807, 2.05) is 56.3 Å². The van der Waals surface area contributed by atoms with Gasteiger partial charge >= 0.3 is 0 Å². The van der Waals surface area contributed by atoms with E-state index in [4.69, 9.17) is 21.1 Å². The van der Waals surface area contributed by atoms with E-state index in [1.54, 1.807) is 0 Å². The zero-order valence-electron chi connectivity index (χ0n) is 21.1. The first-order valence-electron chi connectivity index (χ1n) is 12.0. The average molecular weight is 533 g/mol. The maximum absolute atomic E-state index is 12.7. The second kappa shape index (κ2) is 12.2. The summed E-state index contributed by atoms with van der Waals surface area (Å²) in [7, 11) is 0. The molecule has 1 amide bonds. The summed E-state index contributed by atoms with van der Waals surface area (Å²) in [6.07, 6.45) is 4.27. The van der Waals surface area contributed by atoms with Gasteiger partial charge in [0.05, 0.1) is 17.2 Å². The molecule has 0 atom stereocenters. The highest BCUT2D eigenvalue weighted by atomic mass is 35.5. The van der Waals surface area contributed by atoms with E-state index in [2.05, 4.69) is 48.1 Å². The number of allylic oxidation sites excluding steroid dienone is 1. The van der Waals surface area contributed by atoms with Crippen molar-refractivity contribution in [2.75, 3.05) is 6.61 Å². The van der Waals surface area contributed by atoms with Crippen LogP contribution in [0.5, 0.6) is 11.5 Å². The molecule has 1 N–H and O–H groups in total. The van der Waals surface area contributed by atoms with Gasteiger partial charge in [-0.05, 0) is 86.0 Å². The molecule has 1 saturated heterocycles. The fourth-order valence-electron chi connectivity index (χ4n) is 3.80. The van der Waals surface area contributed by atoms with Gasteiger partial charge in [-0.1, -0.05) is 53.6 Å². The first-order valence-corrected chi connectivity index (χ1v) is 13.2. The molecule has 0 spiro atoms. The lowest BCUT2D eigenvalue weighted by Crippen LogP contribution is -2.19. The van der Waals surface area contributed by atoms with Crippen molar-refractivity contribution in [1.29, 1.82) is 0 Å². The molecule has 0 saturated carbocycles. The van der Waals surface area contributed by atoms with Crippen LogP contribution in [0.25, 0.3) is 6.08 Å². The summed E-state index contributed by atoms with van der Waals surface area (Å²) in [5.74, 6) is 1.12. The third-order valence-electron chi connectivity index (χ3n) is 5.73. The molecule has 4 rings (SSSR count). The number of hydrogen-bond acceptors (Lipinski definition) is 5. The van der Waals surface area contributed by atoms with Gasteiger partial charge in [-0.2, -0.15) is 0 Å². The third kappa shape index (κ3) is 6.64. The van der Waals surface area contributed by atoms with E-state index in [0.717, 1.165) is 27.9 Å². The van der Waals surface area contributed by atoms with Gasteiger partial charge in [-0.3, -0.25) is 4.79 Å². The van der Waals surface area contributed by atoms with Gasteiger partial charge in [-0.25, -0.2) is 4.99 Å². The molecule has 3 aromatic rings. The number of hydrogen-bond donors (Lipinski definition) is 1. The number of ether oxygens (including phenoxy) is 2. The summed E-state index contributed by atoms with van der Waals surface area (Å²) in [6.45, 7) is 10.7. The topological polar surface area (TPSA) is 59.9 Å². The molecule has 1 heterocycles. The predicted molar refractivity (Wildman–Crippen MR) is 154 cm³/mol. The molecule has 37 heavy (non-hydrogen) atoms. The maximum Gasteiger partial charge on any atom is 0.264 e. The van der Waals surface area contributed by atoms with E-state index < -0.39 is 0 Å². The summed E-state index contributed by atoms with van der Waals surface area (Å²) in [6, 6.07) is 17.7. The molecule has 7 heteroatoms. The van der Waals surface area contributed by atoms with Crippen LogP contribution in [0, 0.1) is 13.8 Å². The van der Waals surface area contributed by atoms with Crippen molar-refractivity contribution in [2.24, 2.45) is 4.99 Å². The largest absolute Gasteiger partial charge is 0.490 e. The summed E-state index contributed by atoms with van der Waals surface area (Å²) < 4.78 is 12.2. The van der Waals surface area contributed by atoms with Crippen molar-refractivity contribution in [3.05, 3.63) is 105 Å². The molecule has 0 aliphatic carbocycles. The van der Waals surface area contributed by atoms with Gasteiger partial charge in [0, 0.05) is 10.6 Å². The van der Waals surface area contributed by atoms with Gasteiger partial charge in [0.1, 0.15) is 6.61 Å². The third-order valence-corrected chi connectivity index (χ3v) is 7.05. The van der Waals surface area contributed by atoms with Crippen LogP contribution in [-0.2, 0) is 17.8 Å². The molecule has 1 aliphatic rings. The molecular formula is C30H29ClN2O3S. The molecule has 0 bridgehead atoms. The highest BCUT2D eigenvalue weighted by Crippen LogP contribution is 2.37. The van der Waals surface area contributed by atoms with E-state index in [9.17, 15) is 4.79 Å². The minimum atomic E-state index is -0.202. The van der Waals surface area contributed by atoms with Crippen molar-refractivity contribution in [2.45, 2.75) is 33.8 Å². The minimum Gasteiger partial charge on any atom is -0.490 e. The lowest BCUT2D eigenvalue weighted by Gasteiger charge is -2.17. The van der Waals surface area contributed by atoms with Crippen molar-refractivity contribution < 1.29 is 14.3 Å². The number of halogens is 1. The van der Waals surface area contributed by atoms with E-state index in [1.165, 1.54) is 17.3 Å². The average Bonchev–Trinajstić information content (AvgIpc) is 3.21. The van der Waals surface area contributed by atoms with E-state index in [0.29, 0.717) is 46.2 Å². The lowest BCUT2D eigenvalue weighted by atomic mass is 10.0. The molecule has 5 nitrogen and oxygen atoms in total. The van der Waals surface area contributed by atoms with Crippen molar-refractivity contribution >= 4 is 46.2 Å². The van der Waals surface area contributed by atoms with Crippen LogP contribution in [-0.4, -0.2) is 17.7 Å². The van der Waals surface area contributed by atoms with E-state index in [-0.39, 0.29) is 5.91 Å². The molecule has 0 unspecified atom stereocenters. The summed E-state index contributed by atoms with van der Waals surface area (Å²) >= 11 is 7.51. The molecule has 1 aliphatic heterocycles. The number of carbonyl (C=O) groups excluding carboxylic acids is 1. The standard InChI is InChI=1S/C30H29ClN2O3S/c1-5-8-23-15-22(16-26(35-6-2)28(23)36-18-21-13-11-19(3)12-14-21)17-27-29(34)33-30(37-27)32-25-10-7-9-24(31)20(25)4/h5,7,9-17H,1,6,8,18H2,2-4H3,(H,32,33,34)/b27-17+. The lowest BCUT2D eigenvalue weighted by molar-refractivity contribution is -0.115. The van der Waals surface area contributed by atoms with Crippen LogP contribution in [0.4, 0.5) is 5.69 Å². The number of carbonyl (C=O) groups is 1. The summed E-state index contributed by atoms with van der Waals surface area (Å²) in [5.41, 5.74) is 5.63. The maximum atomic E-state index is 12.7. The second-order valence-electron chi connectivity index (χ2n) is 8.57. The van der Waals surface area contributed by atoms with Crippen LogP contribution in [0.15, 0.2) is 77.1 Å². The van der Waals surface area contributed by atoms with Gasteiger partial charge in [0.25, 0.3) is 5.91 Å². The normalized spacial score (nSPS) is 15.2. The smallest absolute Gasteiger partial charge is 0.264 e. The van der Waals surface area contributed by atoms with Gasteiger partial charge < -0.3 is 14.8 Å². The Morgan fingerprint density at radius 3 is 2.62 bits per heavy atom. The zero-order chi connectivity index (χ0) is 26.4.